The van der Waals surface area contributed by atoms with Gasteiger partial charge in [-0.1, -0.05) is 42.5 Å². The van der Waals surface area contributed by atoms with Crippen LogP contribution < -0.4 is 11.1 Å². The largest absolute Gasteiger partial charge is 0.399 e. The van der Waals surface area contributed by atoms with Crippen molar-refractivity contribution >= 4 is 34.6 Å². The zero-order chi connectivity index (χ0) is 23.7. The molecule has 3 unspecified atom stereocenters. The highest BCUT2D eigenvalue weighted by molar-refractivity contribution is 7.12. The molecule has 0 spiro atoms. The standard InChI is InChI=1S/C26H25N3O4S/c27-19-8-6-16(7-9-19)12-20(26(32)29-11-10-22-24(29)21(30)14-33-22)28-25(31)23-13-18(15-34-23)17-4-2-1-3-5-17/h1-9,13,15,20,22,24H,10-12,14,27H2,(H,28,31). The van der Waals surface area contributed by atoms with Crippen LogP contribution >= 0.6 is 11.3 Å². The maximum absolute atomic E-state index is 13.6. The first-order chi connectivity index (χ1) is 16.5. The molecule has 1 aromatic heterocycles. The molecule has 0 bridgehead atoms. The van der Waals surface area contributed by atoms with Gasteiger partial charge in [0.2, 0.25) is 5.91 Å². The quantitative estimate of drug-likeness (QED) is 0.534. The summed E-state index contributed by atoms with van der Waals surface area (Å²) in [5.41, 5.74) is 9.27. The van der Waals surface area contributed by atoms with Gasteiger partial charge in [0.05, 0.1) is 11.0 Å². The van der Waals surface area contributed by atoms with Gasteiger partial charge in [-0.15, -0.1) is 11.3 Å². The molecule has 2 amide bonds. The number of ether oxygens (including phenoxy) is 1. The molecule has 7 nitrogen and oxygen atoms in total. The lowest BCUT2D eigenvalue weighted by Gasteiger charge is -2.27. The van der Waals surface area contributed by atoms with Crippen molar-refractivity contribution in [1.82, 2.24) is 10.2 Å². The molecule has 2 saturated heterocycles. The van der Waals surface area contributed by atoms with Crippen LogP contribution in [0, 0.1) is 0 Å². The monoisotopic (exact) mass is 475 g/mol. The number of hydrogen-bond acceptors (Lipinski definition) is 6. The number of nitrogens with one attached hydrogen (secondary N) is 1. The molecule has 3 aromatic rings. The predicted octanol–water partition coefficient (Wildman–Crippen LogP) is 2.91. The lowest BCUT2D eigenvalue weighted by atomic mass is 10.0. The molecule has 2 aromatic carbocycles. The maximum Gasteiger partial charge on any atom is 0.262 e. The van der Waals surface area contributed by atoms with Gasteiger partial charge in [0.1, 0.15) is 18.7 Å². The number of benzene rings is 2. The van der Waals surface area contributed by atoms with Crippen LogP contribution in [0.25, 0.3) is 11.1 Å². The summed E-state index contributed by atoms with van der Waals surface area (Å²) >= 11 is 1.33. The molecule has 3 atom stereocenters. The minimum Gasteiger partial charge on any atom is -0.399 e. The second-order valence-corrected chi connectivity index (χ2v) is 9.53. The minimum atomic E-state index is -0.814. The van der Waals surface area contributed by atoms with Crippen LogP contribution in [0.2, 0.25) is 0 Å². The van der Waals surface area contributed by atoms with Crippen LogP contribution in [0.1, 0.15) is 21.7 Å². The van der Waals surface area contributed by atoms with Gasteiger partial charge >= 0.3 is 0 Å². The highest BCUT2D eigenvalue weighted by Crippen LogP contribution is 2.29. The molecule has 174 valence electrons. The van der Waals surface area contributed by atoms with Crippen molar-refractivity contribution in [1.29, 1.82) is 0 Å². The van der Waals surface area contributed by atoms with Gasteiger partial charge in [-0.2, -0.15) is 0 Å². The number of hydrogen-bond donors (Lipinski definition) is 2. The maximum atomic E-state index is 13.6. The lowest BCUT2D eigenvalue weighted by Crippen LogP contribution is -2.53. The van der Waals surface area contributed by atoms with Gasteiger partial charge in [0.15, 0.2) is 5.78 Å². The third-order valence-corrected chi connectivity index (χ3v) is 7.28. The fourth-order valence-electron chi connectivity index (χ4n) is 4.60. The van der Waals surface area contributed by atoms with E-state index in [2.05, 4.69) is 5.32 Å². The number of fused-ring (bicyclic) bond motifs is 1. The van der Waals surface area contributed by atoms with E-state index >= 15 is 0 Å². The van der Waals surface area contributed by atoms with Crippen molar-refractivity contribution in [2.45, 2.75) is 31.0 Å². The number of amides is 2. The fourth-order valence-corrected chi connectivity index (χ4v) is 5.42. The smallest absolute Gasteiger partial charge is 0.262 e. The van der Waals surface area contributed by atoms with E-state index in [0.717, 1.165) is 16.7 Å². The second kappa shape index (κ2) is 9.40. The topological polar surface area (TPSA) is 102 Å². The average Bonchev–Trinajstić information content (AvgIpc) is 3.58. The number of carbonyl (C=O) groups excluding carboxylic acids is 3. The third kappa shape index (κ3) is 4.47. The van der Waals surface area contributed by atoms with Gasteiger partial charge in [-0.05, 0) is 46.7 Å². The first-order valence-electron chi connectivity index (χ1n) is 11.2. The molecule has 8 heteroatoms. The fraction of sp³-hybridized carbons (Fsp3) is 0.269. The molecule has 3 heterocycles. The zero-order valence-electron chi connectivity index (χ0n) is 18.5. The Hall–Kier alpha value is -3.49. The summed E-state index contributed by atoms with van der Waals surface area (Å²) in [7, 11) is 0. The van der Waals surface area contributed by atoms with Gasteiger partial charge in [-0.3, -0.25) is 14.4 Å². The van der Waals surface area contributed by atoms with E-state index < -0.39 is 12.1 Å². The summed E-state index contributed by atoms with van der Waals surface area (Å²) in [6.45, 7) is 0.469. The molecule has 2 aliphatic rings. The van der Waals surface area contributed by atoms with Crippen molar-refractivity contribution in [3.63, 3.8) is 0 Å². The zero-order valence-corrected chi connectivity index (χ0v) is 19.3. The van der Waals surface area contributed by atoms with Crippen molar-refractivity contribution < 1.29 is 19.1 Å². The van der Waals surface area contributed by atoms with Gasteiger partial charge in [-0.25, -0.2) is 0 Å². The lowest BCUT2D eigenvalue weighted by molar-refractivity contribution is -0.138. The summed E-state index contributed by atoms with van der Waals surface area (Å²) in [5, 5.41) is 4.86. The molecular weight excluding hydrogens is 450 g/mol. The molecule has 0 saturated carbocycles. The summed E-state index contributed by atoms with van der Waals surface area (Å²) in [5.74, 6) is -0.666. The third-order valence-electron chi connectivity index (χ3n) is 6.35. The first kappa shape index (κ1) is 22.3. The summed E-state index contributed by atoms with van der Waals surface area (Å²) in [6.07, 6.45) is 0.663. The molecule has 2 fully saturated rings. The summed E-state index contributed by atoms with van der Waals surface area (Å²) in [6, 6.07) is 17.5. The molecular formula is C26H25N3O4S. The number of anilines is 1. The number of thiophene rings is 1. The van der Waals surface area contributed by atoms with E-state index in [-0.39, 0.29) is 30.3 Å². The Morgan fingerprint density at radius 2 is 1.88 bits per heavy atom. The SMILES string of the molecule is Nc1ccc(CC(NC(=O)c2cc(-c3ccccc3)cs2)C(=O)N2CCC3OCC(=O)C32)cc1. The van der Waals surface area contributed by atoms with Crippen LogP contribution in [0.15, 0.2) is 66.0 Å². The van der Waals surface area contributed by atoms with E-state index in [1.807, 2.05) is 53.9 Å². The van der Waals surface area contributed by atoms with Gasteiger partial charge in [0.25, 0.3) is 5.91 Å². The number of nitrogens with two attached hydrogens (primary N) is 1. The van der Waals surface area contributed by atoms with Crippen molar-refractivity contribution in [2.24, 2.45) is 0 Å². The van der Waals surface area contributed by atoms with Crippen LogP contribution in [0.3, 0.4) is 0 Å². The van der Waals surface area contributed by atoms with Crippen LogP contribution in [0.4, 0.5) is 5.69 Å². The normalized spacial score (nSPS) is 20.2. The second-order valence-electron chi connectivity index (χ2n) is 8.62. The number of nitrogens with zero attached hydrogens (tertiary/aromatic N) is 1. The number of ketones is 1. The van der Waals surface area contributed by atoms with E-state index in [4.69, 9.17) is 10.5 Å². The van der Waals surface area contributed by atoms with Crippen molar-refractivity contribution in [3.8, 4) is 11.1 Å². The molecule has 0 aliphatic carbocycles. The Morgan fingerprint density at radius 3 is 2.65 bits per heavy atom. The van der Waals surface area contributed by atoms with E-state index in [1.165, 1.54) is 11.3 Å². The van der Waals surface area contributed by atoms with Gasteiger partial charge in [0, 0.05) is 18.7 Å². The Labute approximate surface area is 201 Å². The molecule has 5 rings (SSSR count). The molecule has 34 heavy (non-hydrogen) atoms. The Bertz CT molecular complexity index is 1210. The average molecular weight is 476 g/mol. The van der Waals surface area contributed by atoms with Crippen molar-refractivity contribution in [2.75, 3.05) is 18.9 Å². The van der Waals surface area contributed by atoms with Crippen LogP contribution in [-0.2, 0) is 20.7 Å². The number of Topliss-reactive ketones (excluding diaryl/α,β-unsaturated/α-hetero) is 1. The van der Waals surface area contributed by atoms with E-state index in [0.29, 0.717) is 30.0 Å². The minimum absolute atomic E-state index is 0.0333. The van der Waals surface area contributed by atoms with E-state index in [9.17, 15) is 14.4 Å². The highest BCUT2D eigenvalue weighted by Gasteiger charge is 2.48. The Balaban J connectivity index is 1.37. The van der Waals surface area contributed by atoms with Crippen LogP contribution in [-0.4, -0.2) is 53.8 Å². The number of nitrogen functional groups attached to an aromatic ring is 1. The molecule has 2 aliphatic heterocycles. The molecule has 0 radical (unpaired) electrons. The van der Waals surface area contributed by atoms with E-state index in [1.54, 1.807) is 17.0 Å². The van der Waals surface area contributed by atoms with Crippen LogP contribution in [0.5, 0.6) is 0 Å². The molecule has 3 N–H and O–H groups in total. The summed E-state index contributed by atoms with van der Waals surface area (Å²) < 4.78 is 5.53. The first-order valence-corrected chi connectivity index (χ1v) is 12.1. The van der Waals surface area contributed by atoms with Gasteiger partial charge < -0.3 is 20.7 Å². The highest BCUT2D eigenvalue weighted by atomic mass is 32.1. The Morgan fingerprint density at radius 1 is 1.12 bits per heavy atom. The predicted molar refractivity (Wildman–Crippen MR) is 130 cm³/mol. The number of likely N-dealkylation sites (tertiary alicyclic amines) is 1. The van der Waals surface area contributed by atoms with Crippen molar-refractivity contribution in [3.05, 3.63) is 76.5 Å². The number of carbonyl (C=O) groups is 3. The summed E-state index contributed by atoms with van der Waals surface area (Å²) in [4.78, 5) is 41.2. The number of rotatable bonds is 6. The Kier molecular flexibility index (Phi) is 6.17.